The highest BCUT2D eigenvalue weighted by atomic mass is 19.3. The van der Waals surface area contributed by atoms with Crippen LogP contribution in [0.1, 0.15) is 10.4 Å². The number of carbonyl (C=O) groups excluding carboxylic acids is 1. The van der Waals surface area contributed by atoms with E-state index in [2.05, 4.69) is 4.74 Å². The normalized spacial score (nSPS) is 10.4. The van der Waals surface area contributed by atoms with Crippen molar-refractivity contribution in [2.45, 2.75) is 13.0 Å². The number of hydrogen-bond donors (Lipinski definition) is 0. The van der Waals surface area contributed by atoms with Gasteiger partial charge in [0, 0.05) is 12.3 Å². The minimum Gasteiger partial charge on any atom is -0.465 e. The Morgan fingerprint density at radius 1 is 1.60 bits per heavy atom. The smallest absolute Gasteiger partial charge is 0.338 e. The van der Waals surface area contributed by atoms with Crippen molar-refractivity contribution < 1.29 is 18.3 Å². The van der Waals surface area contributed by atoms with E-state index >= 15 is 0 Å². The first-order chi connectivity index (χ1) is 7.04. The van der Waals surface area contributed by atoms with Crippen molar-refractivity contribution in [3.05, 3.63) is 34.2 Å². The van der Waals surface area contributed by atoms with Gasteiger partial charge in [-0.2, -0.15) is 0 Å². The molecule has 0 N–H and O–H groups in total. The molecule has 0 aromatic carbocycles. The average Bonchev–Trinajstić information content (AvgIpc) is 2.19. The fourth-order valence-corrected chi connectivity index (χ4v) is 1.05. The third-order valence-electron chi connectivity index (χ3n) is 1.75. The van der Waals surface area contributed by atoms with Crippen LogP contribution >= 0.6 is 0 Å². The molecule has 0 atom stereocenters. The third-order valence-corrected chi connectivity index (χ3v) is 1.75. The van der Waals surface area contributed by atoms with Crippen molar-refractivity contribution in [2.24, 2.45) is 0 Å². The van der Waals surface area contributed by atoms with Gasteiger partial charge in [-0.05, 0) is 6.07 Å². The van der Waals surface area contributed by atoms with Crippen LogP contribution < -0.4 is 5.56 Å². The van der Waals surface area contributed by atoms with Crippen LogP contribution in [0.25, 0.3) is 0 Å². The first kappa shape index (κ1) is 11.4. The minimum absolute atomic E-state index is 0.0491. The van der Waals surface area contributed by atoms with Crippen LogP contribution in [0, 0.1) is 0 Å². The number of ether oxygens (including phenoxy) is 1. The number of halogens is 2. The molecular formula is C9H9F2NO3. The Labute approximate surface area is 84.1 Å². The summed E-state index contributed by atoms with van der Waals surface area (Å²) in [6, 6.07) is 2.23. The fourth-order valence-electron chi connectivity index (χ4n) is 1.05. The number of pyridine rings is 1. The van der Waals surface area contributed by atoms with E-state index in [-0.39, 0.29) is 5.56 Å². The Balaban J connectivity index is 2.98. The second kappa shape index (κ2) is 4.68. The molecular weight excluding hydrogens is 208 g/mol. The highest BCUT2D eigenvalue weighted by Gasteiger charge is 2.09. The molecule has 6 heteroatoms. The van der Waals surface area contributed by atoms with Crippen LogP contribution in [0.3, 0.4) is 0 Å². The number of alkyl halides is 2. The lowest BCUT2D eigenvalue weighted by atomic mass is 10.3. The first-order valence-corrected chi connectivity index (χ1v) is 4.11. The van der Waals surface area contributed by atoms with Gasteiger partial charge in [-0.1, -0.05) is 0 Å². The Kier molecular flexibility index (Phi) is 3.54. The van der Waals surface area contributed by atoms with Crippen molar-refractivity contribution in [2.75, 3.05) is 7.11 Å². The number of aromatic nitrogens is 1. The van der Waals surface area contributed by atoms with Gasteiger partial charge in [0.05, 0.1) is 19.2 Å². The second-order valence-electron chi connectivity index (χ2n) is 2.79. The summed E-state index contributed by atoms with van der Waals surface area (Å²) in [5.41, 5.74) is -0.605. The Morgan fingerprint density at radius 3 is 2.73 bits per heavy atom. The van der Waals surface area contributed by atoms with E-state index in [0.717, 1.165) is 16.8 Å². The van der Waals surface area contributed by atoms with Gasteiger partial charge in [0.15, 0.2) is 0 Å². The number of hydrogen-bond acceptors (Lipinski definition) is 3. The summed E-state index contributed by atoms with van der Waals surface area (Å²) in [4.78, 5) is 22.2. The molecule has 4 nitrogen and oxygen atoms in total. The zero-order valence-electron chi connectivity index (χ0n) is 7.94. The Morgan fingerprint density at radius 2 is 2.27 bits per heavy atom. The molecule has 0 aliphatic carbocycles. The van der Waals surface area contributed by atoms with Crippen LogP contribution in [0.2, 0.25) is 0 Å². The lowest BCUT2D eigenvalue weighted by Gasteiger charge is -2.05. The van der Waals surface area contributed by atoms with Crippen LogP contribution in [-0.2, 0) is 11.3 Å². The van der Waals surface area contributed by atoms with E-state index < -0.39 is 24.5 Å². The lowest BCUT2D eigenvalue weighted by molar-refractivity contribution is 0.0600. The quantitative estimate of drug-likeness (QED) is 0.707. The minimum atomic E-state index is -2.60. The van der Waals surface area contributed by atoms with Crippen LogP contribution in [0.15, 0.2) is 23.1 Å². The van der Waals surface area contributed by atoms with Crippen LogP contribution in [0.5, 0.6) is 0 Å². The van der Waals surface area contributed by atoms with Crippen molar-refractivity contribution in [3.63, 3.8) is 0 Å². The number of rotatable bonds is 3. The molecule has 0 aliphatic heterocycles. The molecule has 1 heterocycles. The average molecular weight is 217 g/mol. The Bertz CT molecular complexity index is 414. The van der Waals surface area contributed by atoms with Gasteiger partial charge in [-0.15, -0.1) is 0 Å². The molecule has 15 heavy (non-hydrogen) atoms. The van der Waals surface area contributed by atoms with E-state index in [1.165, 1.54) is 13.2 Å². The first-order valence-electron chi connectivity index (χ1n) is 4.11. The van der Waals surface area contributed by atoms with E-state index in [4.69, 9.17) is 0 Å². The molecule has 0 saturated carbocycles. The molecule has 82 valence electrons. The molecule has 0 radical (unpaired) electrons. The second-order valence-corrected chi connectivity index (χ2v) is 2.79. The zero-order valence-corrected chi connectivity index (χ0v) is 7.94. The van der Waals surface area contributed by atoms with Gasteiger partial charge < -0.3 is 9.30 Å². The van der Waals surface area contributed by atoms with Gasteiger partial charge in [-0.25, -0.2) is 13.6 Å². The monoisotopic (exact) mass is 217 g/mol. The standard InChI is InChI=1S/C9H9F2NO3/c1-15-9(14)6-2-3-12(5-7(10)11)8(13)4-6/h2-4,7H,5H2,1H3. The van der Waals surface area contributed by atoms with Gasteiger partial charge in [0.25, 0.3) is 12.0 Å². The molecule has 0 fully saturated rings. The number of methoxy groups -OCH3 is 1. The number of nitrogens with zero attached hydrogens (tertiary/aromatic N) is 1. The van der Waals surface area contributed by atoms with Gasteiger partial charge in [0.2, 0.25) is 0 Å². The number of carbonyl (C=O) groups is 1. The molecule has 1 aromatic rings. The highest BCUT2D eigenvalue weighted by Crippen LogP contribution is 2.00. The van der Waals surface area contributed by atoms with Crippen molar-refractivity contribution in [1.82, 2.24) is 4.57 Å². The van der Waals surface area contributed by atoms with Crippen LogP contribution in [0.4, 0.5) is 8.78 Å². The van der Waals surface area contributed by atoms with E-state index in [1.807, 2.05) is 0 Å². The largest absolute Gasteiger partial charge is 0.465 e. The van der Waals surface area contributed by atoms with Crippen molar-refractivity contribution in [3.8, 4) is 0 Å². The summed E-state index contributed by atoms with van der Waals surface area (Å²) < 4.78 is 29.2. The fraction of sp³-hybridized carbons (Fsp3) is 0.333. The van der Waals surface area contributed by atoms with Crippen molar-refractivity contribution >= 4 is 5.97 Å². The summed E-state index contributed by atoms with van der Waals surface area (Å²) in [7, 11) is 1.17. The maximum atomic E-state index is 12.0. The number of esters is 1. The SMILES string of the molecule is COC(=O)c1ccn(CC(F)F)c(=O)c1. The maximum Gasteiger partial charge on any atom is 0.338 e. The topological polar surface area (TPSA) is 48.3 Å². The predicted octanol–water partition coefficient (Wildman–Crippen LogP) is 0.900. The lowest BCUT2D eigenvalue weighted by Crippen LogP contribution is -2.23. The van der Waals surface area contributed by atoms with Gasteiger partial charge in [0.1, 0.15) is 0 Å². The van der Waals surface area contributed by atoms with Crippen molar-refractivity contribution in [1.29, 1.82) is 0 Å². The molecule has 0 saturated heterocycles. The van der Waals surface area contributed by atoms with E-state index in [1.54, 1.807) is 0 Å². The molecule has 1 rings (SSSR count). The predicted molar refractivity (Wildman–Crippen MR) is 48.0 cm³/mol. The molecule has 0 aliphatic rings. The molecule has 0 bridgehead atoms. The van der Waals surface area contributed by atoms with Crippen LogP contribution in [-0.4, -0.2) is 24.1 Å². The third kappa shape index (κ3) is 2.87. The summed E-state index contributed by atoms with van der Waals surface area (Å²) in [6.07, 6.45) is -1.47. The Hall–Kier alpha value is -1.72. The summed E-state index contributed by atoms with van der Waals surface area (Å²) in [5.74, 6) is -0.670. The summed E-state index contributed by atoms with van der Waals surface area (Å²) in [6.45, 7) is -0.680. The summed E-state index contributed by atoms with van der Waals surface area (Å²) >= 11 is 0. The van der Waals surface area contributed by atoms with E-state index in [9.17, 15) is 18.4 Å². The zero-order chi connectivity index (χ0) is 11.4. The highest BCUT2D eigenvalue weighted by molar-refractivity contribution is 5.88. The maximum absolute atomic E-state index is 12.0. The van der Waals surface area contributed by atoms with Gasteiger partial charge in [-0.3, -0.25) is 4.79 Å². The molecule has 1 aromatic heterocycles. The molecule has 0 unspecified atom stereocenters. The summed E-state index contributed by atoms with van der Waals surface area (Å²) in [5, 5.41) is 0. The van der Waals surface area contributed by atoms with E-state index in [0.29, 0.717) is 0 Å². The molecule has 0 spiro atoms. The molecule has 0 amide bonds. The van der Waals surface area contributed by atoms with Gasteiger partial charge >= 0.3 is 5.97 Å².